The van der Waals surface area contributed by atoms with Crippen LogP contribution in [-0.2, 0) is 4.74 Å². The number of ketones is 1. The maximum Gasteiger partial charge on any atom is 0.374 e. The Bertz CT molecular complexity index is 819. The first-order valence-corrected chi connectivity index (χ1v) is 6.87. The van der Waals surface area contributed by atoms with Crippen LogP contribution in [0.15, 0.2) is 53.3 Å². The van der Waals surface area contributed by atoms with E-state index in [1.54, 1.807) is 41.2 Å². The van der Waals surface area contributed by atoms with Crippen LogP contribution in [0.5, 0.6) is 0 Å². The summed E-state index contributed by atoms with van der Waals surface area (Å²) in [4.78, 5) is 23.6. The number of hydrogen-bond acceptors (Lipinski definition) is 6. The van der Waals surface area contributed by atoms with Gasteiger partial charge in [0.05, 0.1) is 23.8 Å². The van der Waals surface area contributed by atoms with E-state index in [0.717, 1.165) is 11.4 Å². The van der Waals surface area contributed by atoms with Crippen molar-refractivity contribution in [2.45, 2.75) is 6.92 Å². The zero-order valence-corrected chi connectivity index (χ0v) is 12.3. The lowest BCUT2D eigenvalue weighted by Crippen LogP contribution is -2.14. The van der Waals surface area contributed by atoms with Crippen molar-refractivity contribution in [3.8, 4) is 5.69 Å². The summed E-state index contributed by atoms with van der Waals surface area (Å²) in [7, 11) is 0. The maximum absolute atomic E-state index is 12.0. The lowest BCUT2D eigenvalue weighted by atomic mass is 10.1. The fourth-order valence-corrected chi connectivity index (χ4v) is 2.01. The molecular weight excluding hydrogens is 298 g/mol. The molecular formula is C16H13N3O4. The van der Waals surface area contributed by atoms with Gasteiger partial charge in [-0.25, -0.2) is 9.48 Å². The summed E-state index contributed by atoms with van der Waals surface area (Å²) < 4.78 is 11.5. The van der Waals surface area contributed by atoms with Crippen LogP contribution < -0.4 is 0 Å². The molecule has 0 unspecified atom stereocenters. The number of nitrogens with zero attached hydrogens (tertiary/aromatic N) is 3. The summed E-state index contributed by atoms with van der Waals surface area (Å²) >= 11 is 0. The Balaban J connectivity index is 1.64. The third-order valence-corrected chi connectivity index (χ3v) is 3.21. The second-order valence-electron chi connectivity index (χ2n) is 4.81. The zero-order chi connectivity index (χ0) is 16.2. The third-order valence-electron chi connectivity index (χ3n) is 3.21. The largest absolute Gasteiger partial charge is 0.457 e. The van der Waals surface area contributed by atoms with Crippen molar-refractivity contribution in [3.63, 3.8) is 0 Å². The molecule has 0 aliphatic carbocycles. The van der Waals surface area contributed by atoms with Crippen LogP contribution in [0.1, 0.15) is 26.6 Å². The minimum Gasteiger partial charge on any atom is -0.457 e. The molecule has 0 saturated carbocycles. The monoisotopic (exact) mass is 311 g/mol. The predicted molar refractivity (Wildman–Crippen MR) is 79.4 cm³/mol. The number of furan rings is 1. The molecule has 0 amide bonds. The molecule has 2 aromatic heterocycles. The summed E-state index contributed by atoms with van der Waals surface area (Å²) in [6.45, 7) is 1.54. The highest BCUT2D eigenvalue weighted by atomic mass is 16.5. The van der Waals surface area contributed by atoms with Gasteiger partial charge in [0.25, 0.3) is 0 Å². The summed E-state index contributed by atoms with van der Waals surface area (Å²) in [5, 5.41) is 7.76. The molecule has 1 aromatic carbocycles. The Morgan fingerprint density at radius 3 is 2.61 bits per heavy atom. The average molecular weight is 311 g/mol. The first kappa shape index (κ1) is 14.7. The van der Waals surface area contributed by atoms with Crippen molar-refractivity contribution in [1.29, 1.82) is 0 Å². The number of aryl methyl sites for hydroxylation is 1. The molecule has 116 valence electrons. The molecule has 0 bridgehead atoms. The minimum absolute atomic E-state index is 0.0646. The van der Waals surface area contributed by atoms with E-state index in [-0.39, 0.29) is 18.2 Å². The topological polar surface area (TPSA) is 87.2 Å². The molecule has 0 aliphatic rings. The molecule has 0 saturated heterocycles. The van der Waals surface area contributed by atoms with E-state index in [4.69, 9.17) is 9.15 Å². The molecule has 7 heteroatoms. The first-order valence-electron chi connectivity index (χ1n) is 6.87. The molecule has 23 heavy (non-hydrogen) atoms. The van der Waals surface area contributed by atoms with Gasteiger partial charge >= 0.3 is 5.97 Å². The molecule has 3 rings (SSSR count). The number of ether oxygens (including phenoxy) is 1. The highest BCUT2D eigenvalue weighted by Crippen LogP contribution is 2.11. The van der Waals surface area contributed by atoms with Gasteiger partial charge in [0.2, 0.25) is 5.76 Å². The normalized spacial score (nSPS) is 10.5. The van der Waals surface area contributed by atoms with Gasteiger partial charge in [0, 0.05) is 5.56 Å². The first-order chi connectivity index (χ1) is 11.1. The quantitative estimate of drug-likeness (QED) is 0.530. The van der Waals surface area contributed by atoms with E-state index >= 15 is 0 Å². The number of benzene rings is 1. The van der Waals surface area contributed by atoms with Crippen molar-refractivity contribution < 1.29 is 18.7 Å². The van der Waals surface area contributed by atoms with Gasteiger partial charge in [-0.3, -0.25) is 4.79 Å². The Morgan fingerprint density at radius 1 is 1.22 bits per heavy atom. The molecule has 7 nitrogen and oxygen atoms in total. The standard InChI is InChI=1S/C16H13N3O4/c1-11-9-17-18-19(11)13-6-4-12(5-7-13)14(20)10-23-16(21)15-3-2-8-22-15/h2-9H,10H2,1H3. The van der Waals surface area contributed by atoms with E-state index in [2.05, 4.69) is 10.3 Å². The van der Waals surface area contributed by atoms with E-state index in [1.165, 1.54) is 12.3 Å². The van der Waals surface area contributed by atoms with Gasteiger partial charge < -0.3 is 9.15 Å². The van der Waals surface area contributed by atoms with Gasteiger partial charge in [-0.05, 0) is 43.3 Å². The van der Waals surface area contributed by atoms with E-state index in [9.17, 15) is 9.59 Å². The third kappa shape index (κ3) is 3.18. The second-order valence-corrected chi connectivity index (χ2v) is 4.81. The number of hydrogen-bond donors (Lipinski definition) is 0. The highest BCUT2D eigenvalue weighted by Gasteiger charge is 2.14. The highest BCUT2D eigenvalue weighted by molar-refractivity contribution is 5.99. The number of carbonyl (C=O) groups is 2. The second kappa shape index (κ2) is 6.27. The van der Waals surface area contributed by atoms with Crippen molar-refractivity contribution in [1.82, 2.24) is 15.0 Å². The van der Waals surface area contributed by atoms with Crippen LogP contribution in [0.4, 0.5) is 0 Å². The number of esters is 1. The predicted octanol–water partition coefficient (Wildman–Crippen LogP) is 2.21. The molecule has 0 fully saturated rings. The fourth-order valence-electron chi connectivity index (χ4n) is 2.01. The summed E-state index contributed by atoms with van der Waals surface area (Å²) in [5.74, 6) is -0.903. The maximum atomic E-state index is 12.0. The van der Waals surface area contributed by atoms with Crippen molar-refractivity contribution in [2.75, 3.05) is 6.61 Å². The van der Waals surface area contributed by atoms with Crippen LogP contribution >= 0.6 is 0 Å². The molecule has 2 heterocycles. The van der Waals surface area contributed by atoms with Crippen molar-refractivity contribution in [2.24, 2.45) is 0 Å². The van der Waals surface area contributed by atoms with Gasteiger partial charge in [-0.1, -0.05) is 5.21 Å². The minimum atomic E-state index is -0.668. The summed E-state index contributed by atoms with van der Waals surface area (Å²) in [6, 6.07) is 9.86. The number of carbonyl (C=O) groups excluding carboxylic acids is 2. The average Bonchev–Trinajstić information content (AvgIpc) is 3.24. The lowest BCUT2D eigenvalue weighted by molar-refractivity contribution is 0.0444. The zero-order valence-electron chi connectivity index (χ0n) is 12.3. The molecule has 0 aliphatic heterocycles. The van der Waals surface area contributed by atoms with Crippen LogP contribution in [0.25, 0.3) is 5.69 Å². The lowest BCUT2D eigenvalue weighted by Gasteiger charge is -2.05. The van der Waals surface area contributed by atoms with Crippen LogP contribution in [0.2, 0.25) is 0 Å². The number of aromatic nitrogens is 3. The molecule has 0 N–H and O–H groups in total. The Labute approximate surface area is 131 Å². The van der Waals surface area contributed by atoms with Crippen LogP contribution in [-0.4, -0.2) is 33.4 Å². The van der Waals surface area contributed by atoms with Gasteiger partial charge in [-0.15, -0.1) is 5.10 Å². The summed E-state index contributed by atoms with van der Waals surface area (Å²) in [6.07, 6.45) is 3.01. The number of Topliss-reactive ketones (excluding diaryl/α,β-unsaturated/α-hetero) is 1. The van der Waals surface area contributed by atoms with E-state index in [1.807, 2.05) is 6.92 Å². The Kier molecular flexibility index (Phi) is 4.01. The molecule has 0 radical (unpaired) electrons. The fraction of sp³-hybridized carbons (Fsp3) is 0.125. The van der Waals surface area contributed by atoms with E-state index in [0.29, 0.717) is 5.56 Å². The number of rotatable bonds is 5. The van der Waals surface area contributed by atoms with Gasteiger partial charge in [-0.2, -0.15) is 0 Å². The van der Waals surface area contributed by atoms with Crippen molar-refractivity contribution >= 4 is 11.8 Å². The summed E-state index contributed by atoms with van der Waals surface area (Å²) in [5.41, 5.74) is 2.12. The van der Waals surface area contributed by atoms with E-state index < -0.39 is 5.97 Å². The van der Waals surface area contributed by atoms with Gasteiger partial charge in [0.15, 0.2) is 12.4 Å². The molecule has 0 spiro atoms. The molecule has 3 aromatic rings. The Morgan fingerprint density at radius 2 is 2.00 bits per heavy atom. The van der Waals surface area contributed by atoms with Crippen LogP contribution in [0, 0.1) is 6.92 Å². The van der Waals surface area contributed by atoms with Gasteiger partial charge in [0.1, 0.15) is 0 Å². The molecule has 0 atom stereocenters. The Hall–Kier alpha value is -3.22. The van der Waals surface area contributed by atoms with Crippen LogP contribution in [0.3, 0.4) is 0 Å². The SMILES string of the molecule is Cc1cnnn1-c1ccc(C(=O)COC(=O)c2ccco2)cc1. The van der Waals surface area contributed by atoms with Crippen molar-refractivity contribution in [3.05, 3.63) is 65.9 Å². The smallest absolute Gasteiger partial charge is 0.374 e.